The van der Waals surface area contributed by atoms with E-state index in [4.69, 9.17) is 16.3 Å². The zero-order valence-corrected chi connectivity index (χ0v) is 18.3. The van der Waals surface area contributed by atoms with Gasteiger partial charge in [-0.3, -0.25) is 0 Å². The van der Waals surface area contributed by atoms with E-state index in [1.165, 1.54) is 22.7 Å². The quantitative estimate of drug-likeness (QED) is 0.352. The maximum atomic E-state index is 11.4. The molecule has 2 heterocycles. The molecule has 0 saturated heterocycles. The zero-order valence-electron chi connectivity index (χ0n) is 16.8. The molecule has 2 aromatic carbocycles. The molecule has 4 aromatic rings. The Morgan fingerprint density at radius 1 is 1.19 bits per heavy atom. The molecule has 0 aliphatic carbocycles. The van der Waals surface area contributed by atoms with E-state index < -0.39 is 5.97 Å². The van der Waals surface area contributed by atoms with Crippen LogP contribution in [0.25, 0.3) is 21.3 Å². The van der Waals surface area contributed by atoms with Crippen molar-refractivity contribution in [1.82, 2.24) is 9.97 Å². The number of ether oxygens (including phenoxy) is 1. The lowest BCUT2D eigenvalue weighted by Crippen LogP contribution is -2.07. The molecule has 2 N–H and O–H groups in total. The van der Waals surface area contributed by atoms with Gasteiger partial charge in [0.2, 0.25) is 0 Å². The number of nitrogens with zero attached hydrogens (tertiary/aromatic N) is 2. The summed E-state index contributed by atoms with van der Waals surface area (Å²) in [7, 11) is 0. The molecule has 0 radical (unpaired) electrons. The fourth-order valence-corrected chi connectivity index (χ4v) is 4.43. The first kappa shape index (κ1) is 21.1. The lowest BCUT2D eigenvalue weighted by Gasteiger charge is -2.11. The topological polar surface area (TPSA) is 84.3 Å². The maximum absolute atomic E-state index is 11.4. The predicted octanol–water partition coefficient (Wildman–Crippen LogP) is 5.76. The molecular weight excluding hydrogens is 434 g/mol. The Bertz CT molecular complexity index is 1240. The Hall–Kier alpha value is -3.16. The van der Waals surface area contributed by atoms with Crippen LogP contribution >= 0.6 is 22.9 Å². The smallest absolute Gasteiger partial charge is 0.339 e. The molecule has 0 aliphatic rings. The van der Waals surface area contributed by atoms with Crippen LogP contribution in [0.4, 0.5) is 5.82 Å². The number of rotatable bonds is 8. The molecule has 0 saturated carbocycles. The highest BCUT2D eigenvalue weighted by Gasteiger charge is 2.13. The number of carbonyl (C=O) groups is 1. The molecule has 158 valence electrons. The Labute approximate surface area is 188 Å². The first-order chi connectivity index (χ1) is 15.0. The molecule has 6 nitrogen and oxygen atoms in total. The van der Waals surface area contributed by atoms with E-state index in [2.05, 4.69) is 33.5 Å². The maximum Gasteiger partial charge on any atom is 0.339 e. The molecular formula is C23H20ClN3O3S. The van der Waals surface area contributed by atoms with Gasteiger partial charge < -0.3 is 15.2 Å². The second kappa shape index (κ2) is 9.32. The van der Waals surface area contributed by atoms with Crippen LogP contribution < -0.4 is 10.1 Å². The van der Waals surface area contributed by atoms with E-state index in [1.54, 1.807) is 23.5 Å². The largest absolute Gasteiger partial charge is 0.493 e. The van der Waals surface area contributed by atoms with E-state index in [1.807, 2.05) is 18.4 Å². The van der Waals surface area contributed by atoms with Gasteiger partial charge in [0.1, 0.15) is 23.5 Å². The third kappa shape index (κ3) is 4.78. The van der Waals surface area contributed by atoms with Crippen molar-refractivity contribution in [3.63, 3.8) is 0 Å². The van der Waals surface area contributed by atoms with Crippen LogP contribution in [0.15, 0.2) is 54.2 Å². The standard InChI is InChI=1S/C23H20ClN3O3S/c1-2-30-20-10-15(4-5-16(20)23(28)29)19-11-22(27-13-26-19)25-8-7-14-3-6-21-17(9-14)18(24)12-31-21/h3-6,9-13H,2,7-8H2,1H3,(H,28,29)(H,25,26,27). The fraction of sp³-hybridized carbons (Fsp3) is 0.174. The minimum Gasteiger partial charge on any atom is -0.493 e. The molecule has 31 heavy (non-hydrogen) atoms. The summed E-state index contributed by atoms with van der Waals surface area (Å²) in [5, 5.41) is 16.5. The van der Waals surface area contributed by atoms with Crippen molar-refractivity contribution in [2.75, 3.05) is 18.5 Å². The van der Waals surface area contributed by atoms with E-state index in [0.29, 0.717) is 30.4 Å². The number of thiophene rings is 1. The van der Waals surface area contributed by atoms with E-state index in [-0.39, 0.29) is 5.56 Å². The summed E-state index contributed by atoms with van der Waals surface area (Å²) in [5.41, 5.74) is 2.76. The monoisotopic (exact) mass is 453 g/mol. The van der Waals surface area contributed by atoms with Gasteiger partial charge in [-0.2, -0.15) is 0 Å². The highest BCUT2D eigenvalue weighted by Crippen LogP contribution is 2.31. The number of halogens is 1. The zero-order chi connectivity index (χ0) is 21.8. The van der Waals surface area contributed by atoms with Crippen molar-refractivity contribution in [2.45, 2.75) is 13.3 Å². The number of carboxylic acid groups (broad SMARTS) is 1. The van der Waals surface area contributed by atoms with Crippen molar-refractivity contribution in [2.24, 2.45) is 0 Å². The third-order valence-corrected chi connectivity index (χ3v) is 6.19. The summed E-state index contributed by atoms with van der Waals surface area (Å²) in [6.07, 6.45) is 2.31. The van der Waals surface area contributed by atoms with Gasteiger partial charge in [-0.05, 0) is 43.2 Å². The molecule has 0 aliphatic heterocycles. The second-order valence-corrected chi connectivity index (χ2v) is 8.15. The van der Waals surface area contributed by atoms with Crippen LogP contribution in [-0.2, 0) is 6.42 Å². The van der Waals surface area contributed by atoms with Crippen molar-refractivity contribution in [3.8, 4) is 17.0 Å². The lowest BCUT2D eigenvalue weighted by atomic mass is 10.1. The Kier molecular flexibility index (Phi) is 6.34. The summed E-state index contributed by atoms with van der Waals surface area (Å²) < 4.78 is 6.67. The molecule has 2 aromatic heterocycles. The fourth-order valence-electron chi connectivity index (χ4n) is 3.28. The van der Waals surface area contributed by atoms with Crippen LogP contribution in [0.2, 0.25) is 5.02 Å². The average Bonchev–Trinajstić information content (AvgIpc) is 3.14. The molecule has 0 spiro atoms. The highest BCUT2D eigenvalue weighted by molar-refractivity contribution is 7.17. The Morgan fingerprint density at radius 2 is 2.06 bits per heavy atom. The first-order valence-corrected chi connectivity index (χ1v) is 11.0. The van der Waals surface area contributed by atoms with Crippen LogP contribution in [0.5, 0.6) is 5.75 Å². The van der Waals surface area contributed by atoms with Crippen LogP contribution in [0.3, 0.4) is 0 Å². The minimum absolute atomic E-state index is 0.126. The van der Waals surface area contributed by atoms with Crippen molar-refractivity contribution in [3.05, 3.63) is 70.3 Å². The summed E-state index contributed by atoms with van der Waals surface area (Å²) in [5.74, 6) is -0.00927. The van der Waals surface area contributed by atoms with Crippen molar-refractivity contribution >= 4 is 44.8 Å². The van der Waals surface area contributed by atoms with E-state index >= 15 is 0 Å². The number of nitrogens with one attached hydrogen (secondary N) is 1. The number of hydrogen-bond acceptors (Lipinski definition) is 6. The van der Waals surface area contributed by atoms with Gasteiger partial charge in [-0.15, -0.1) is 11.3 Å². The van der Waals surface area contributed by atoms with Crippen molar-refractivity contribution in [1.29, 1.82) is 0 Å². The summed E-state index contributed by atoms with van der Waals surface area (Å²) in [6.45, 7) is 2.89. The number of aromatic nitrogens is 2. The SMILES string of the molecule is CCOc1cc(-c2cc(NCCc3ccc4scc(Cl)c4c3)ncn2)ccc1C(=O)O. The van der Waals surface area contributed by atoms with Gasteiger partial charge in [0, 0.05) is 33.6 Å². The van der Waals surface area contributed by atoms with Crippen molar-refractivity contribution < 1.29 is 14.6 Å². The Morgan fingerprint density at radius 3 is 2.87 bits per heavy atom. The number of anilines is 1. The molecule has 0 amide bonds. The predicted molar refractivity (Wildman–Crippen MR) is 125 cm³/mol. The molecule has 8 heteroatoms. The van der Waals surface area contributed by atoms with Gasteiger partial charge >= 0.3 is 5.97 Å². The number of hydrogen-bond donors (Lipinski definition) is 2. The number of aromatic carboxylic acids is 1. The first-order valence-electron chi connectivity index (χ1n) is 9.77. The molecule has 0 atom stereocenters. The number of carboxylic acids is 1. The molecule has 0 fully saturated rings. The number of benzene rings is 2. The van der Waals surface area contributed by atoms with Gasteiger partial charge in [0.25, 0.3) is 0 Å². The van der Waals surface area contributed by atoms with Crippen LogP contribution in [0.1, 0.15) is 22.8 Å². The average molecular weight is 454 g/mol. The summed E-state index contributed by atoms with van der Waals surface area (Å²) in [4.78, 5) is 20.0. The third-order valence-electron chi connectivity index (χ3n) is 4.79. The van der Waals surface area contributed by atoms with Crippen LogP contribution in [0, 0.1) is 0 Å². The molecule has 0 bridgehead atoms. The van der Waals surface area contributed by atoms with E-state index in [9.17, 15) is 9.90 Å². The summed E-state index contributed by atoms with van der Waals surface area (Å²) in [6, 6.07) is 13.1. The highest BCUT2D eigenvalue weighted by atomic mass is 35.5. The molecule has 0 unspecified atom stereocenters. The molecule has 4 rings (SSSR count). The van der Waals surface area contributed by atoms with Crippen LogP contribution in [-0.4, -0.2) is 34.2 Å². The Balaban J connectivity index is 1.47. The van der Waals surface area contributed by atoms with Gasteiger partial charge in [0.05, 0.1) is 17.3 Å². The lowest BCUT2D eigenvalue weighted by molar-refractivity contribution is 0.0692. The van der Waals surface area contributed by atoms with Gasteiger partial charge in [0.15, 0.2) is 0 Å². The normalized spacial score (nSPS) is 10.9. The minimum atomic E-state index is -1.03. The number of fused-ring (bicyclic) bond motifs is 1. The van der Waals surface area contributed by atoms with Gasteiger partial charge in [-0.1, -0.05) is 23.7 Å². The van der Waals surface area contributed by atoms with Gasteiger partial charge in [-0.25, -0.2) is 14.8 Å². The second-order valence-electron chi connectivity index (χ2n) is 6.83. The summed E-state index contributed by atoms with van der Waals surface area (Å²) >= 11 is 7.89. The van der Waals surface area contributed by atoms with E-state index in [0.717, 1.165) is 22.4 Å².